The van der Waals surface area contributed by atoms with Crippen LogP contribution in [-0.4, -0.2) is 18.9 Å². The van der Waals surface area contributed by atoms with Crippen molar-refractivity contribution in [1.82, 2.24) is 0 Å². The summed E-state index contributed by atoms with van der Waals surface area (Å²) in [7, 11) is 2.16. The number of anilines is 1. The van der Waals surface area contributed by atoms with Crippen molar-refractivity contribution in [3.05, 3.63) is 28.2 Å². The van der Waals surface area contributed by atoms with Gasteiger partial charge >= 0.3 is 0 Å². The minimum atomic E-state index is 0.105. The summed E-state index contributed by atoms with van der Waals surface area (Å²) < 4.78 is 0.898. The third-order valence-electron chi connectivity index (χ3n) is 3.86. The Morgan fingerprint density at radius 3 is 2.50 bits per heavy atom. The number of Topliss-reactive ketones (excluding diaryl/α,β-unsaturated/α-hetero) is 1. The molecule has 1 fully saturated rings. The summed E-state index contributed by atoms with van der Waals surface area (Å²) in [5, 5.41) is 0. The van der Waals surface area contributed by atoms with Gasteiger partial charge in [-0.2, -0.15) is 0 Å². The van der Waals surface area contributed by atoms with E-state index in [9.17, 15) is 4.79 Å². The summed E-state index contributed by atoms with van der Waals surface area (Å²) in [6, 6.07) is 6.68. The van der Waals surface area contributed by atoms with Gasteiger partial charge in [-0.25, -0.2) is 0 Å². The summed E-state index contributed by atoms with van der Waals surface area (Å²) in [6.45, 7) is 1.60. The quantitative estimate of drug-likeness (QED) is 0.770. The van der Waals surface area contributed by atoms with Gasteiger partial charge in [-0.05, 0) is 53.9 Å². The predicted molar refractivity (Wildman–Crippen MR) is 79.4 cm³/mol. The Morgan fingerprint density at radius 2 is 1.94 bits per heavy atom. The zero-order valence-corrected chi connectivity index (χ0v) is 12.7. The molecule has 0 atom stereocenters. The fourth-order valence-electron chi connectivity index (χ4n) is 2.69. The van der Waals surface area contributed by atoms with Gasteiger partial charge in [-0.3, -0.25) is 4.79 Å². The van der Waals surface area contributed by atoms with Crippen LogP contribution in [0.4, 0.5) is 5.69 Å². The van der Waals surface area contributed by atoms with Gasteiger partial charge in [0.2, 0.25) is 0 Å². The van der Waals surface area contributed by atoms with Gasteiger partial charge in [0, 0.05) is 28.8 Å². The molecule has 0 radical (unpaired) electrons. The minimum absolute atomic E-state index is 0.105. The van der Waals surface area contributed by atoms with Crippen LogP contribution in [0.25, 0.3) is 0 Å². The number of rotatable bonds is 3. The molecule has 1 aromatic rings. The van der Waals surface area contributed by atoms with Gasteiger partial charge in [0.15, 0.2) is 5.78 Å². The second kappa shape index (κ2) is 5.87. The van der Waals surface area contributed by atoms with Crippen molar-refractivity contribution in [2.24, 2.45) is 0 Å². The van der Waals surface area contributed by atoms with Gasteiger partial charge in [-0.1, -0.05) is 19.3 Å². The van der Waals surface area contributed by atoms with E-state index in [2.05, 4.69) is 40.0 Å². The Kier molecular flexibility index (Phi) is 4.44. The Labute approximate surface area is 117 Å². The molecular weight excluding hydrogens is 290 g/mol. The van der Waals surface area contributed by atoms with E-state index in [4.69, 9.17) is 0 Å². The molecule has 1 aromatic carbocycles. The van der Waals surface area contributed by atoms with E-state index in [1.807, 2.05) is 6.07 Å². The van der Waals surface area contributed by atoms with Crippen LogP contribution in [0.5, 0.6) is 0 Å². The number of hydrogen-bond acceptors (Lipinski definition) is 2. The molecule has 0 saturated heterocycles. The van der Waals surface area contributed by atoms with Gasteiger partial charge in [-0.15, -0.1) is 0 Å². The van der Waals surface area contributed by atoms with Gasteiger partial charge in [0.25, 0.3) is 0 Å². The van der Waals surface area contributed by atoms with Gasteiger partial charge < -0.3 is 4.90 Å². The first kappa shape index (κ1) is 13.6. The van der Waals surface area contributed by atoms with E-state index in [1.54, 1.807) is 6.92 Å². The van der Waals surface area contributed by atoms with Crippen LogP contribution in [0.1, 0.15) is 49.4 Å². The maximum absolute atomic E-state index is 11.4. The van der Waals surface area contributed by atoms with Crippen LogP contribution in [0.3, 0.4) is 0 Å². The van der Waals surface area contributed by atoms with E-state index >= 15 is 0 Å². The second-order valence-corrected chi connectivity index (χ2v) is 5.98. The van der Waals surface area contributed by atoms with Crippen molar-refractivity contribution in [3.63, 3.8) is 0 Å². The first-order chi connectivity index (χ1) is 8.59. The molecule has 1 aliphatic rings. The normalized spacial score (nSPS) is 16.6. The Morgan fingerprint density at radius 1 is 1.28 bits per heavy atom. The fourth-order valence-corrected chi connectivity index (χ4v) is 3.33. The molecule has 0 amide bonds. The fraction of sp³-hybridized carbons (Fsp3) is 0.533. The standard InChI is InChI=1S/C15H20BrNO/c1-11(18)14-9-8-13(10-15(14)16)17(2)12-6-4-3-5-7-12/h8-10,12H,3-7H2,1-2H3. The average molecular weight is 310 g/mol. The number of ketones is 1. The van der Waals surface area contributed by atoms with Crippen molar-refractivity contribution in [3.8, 4) is 0 Å². The summed E-state index contributed by atoms with van der Waals surface area (Å²) in [5.41, 5.74) is 1.95. The molecule has 2 rings (SSSR count). The predicted octanol–water partition coefficient (Wildman–Crippen LogP) is 4.42. The maximum Gasteiger partial charge on any atom is 0.160 e. The van der Waals surface area contributed by atoms with Gasteiger partial charge in [0.1, 0.15) is 0 Å². The lowest BCUT2D eigenvalue weighted by Crippen LogP contribution is -2.33. The van der Waals surface area contributed by atoms with Crippen molar-refractivity contribution in [1.29, 1.82) is 0 Å². The first-order valence-electron chi connectivity index (χ1n) is 6.63. The number of carbonyl (C=O) groups is 1. The molecule has 3 heteroatoms. The monoisotopic (exact) mass is 309 g/mol. The molecule has 98 valence electrons. The molecule has 18 heavy (non-hydrogen) atoms. The molecule has 2 nitrogen and oxygen atoms in total. The van der Waals surface area contributed by atoms with E-state index in [0.717, 1.165) is 10.0 Å². The van der Waals surface area contributed by atoms with Crippen LogP contribution in [0.2, 0.25) is 0 Å². The number of carbonyl (C=O) groups excluding carboxylic acids is 1. The zero-order chi connectivity index (χ0) is 13.1. The number of nitrogens with zero attached hydrogens (tertiary/aromatic N) is 1. The lowest BCUT2D eigenvalue weighted by Gasteiger charge is -2.33. The molecular formula is C15H20BrNO. The van der Waals surface area contributed by atoms with Crippen molar-refractivity contribution >= 4 is 27.4 Å². The second-order valence-electron chi connectivity index (χ2n) is 5.12. The summed E-state index contributed by atoms with van der Waals surface area (Å²) >= 11 is 3.49. The Balaban J connectivity index is 2.17. The van der Waals surface area contributed by atoms with Crippen molar-refractivity contribution < 1.29 is 4.79 Å². The number of halogens is 1. The van der Waals surface area contributed by atoms with Crippen LogP contribution in [-0.2, 0) is 0 Å². The first-order valence-corrected chi connectivity index (χ1v) is 7.42. The van der Waals surface area contributed by atoms with Crippen LogP contribution in [0.15, 0.2) is 22.7 Å². The highest BCUT2D eigenvalue weighted by molar-refractivity contribution is 9.10. The Hall–Kier alpha value is -0.830. The third-order valence-corrected chi connectivity index (χ3v) is 4.52. The van der Waals surface area contributed by atoms with Crippen molar-refractivity contribution in [2.45, 2.75) is 45.1 Å². The number of hydrogen-bond donors (Lipinski definition) is 0. The third kappa shape index (κ3) is 2.94. The molecule has 1 saturated carbocycles. The molecule has 1 aliphatic carbocycles. The topological polar surface area (TPSA) is 20.3 Å². The smallest absolute Gasteiger partial charge is 0.160 e. The average Bonchev–Trinajstić information content (AvgIpc) is 2.38. The molecule has 0 bridgehead atoms. The minimum Gasteiger partial charge on any atom is -0.372 e. The summed E-state index contributed by atoms with van der Waals surface area (Å²) in [5.74, 6) is 0.105. The van der Waals surface area contributed by atoms with E-state index in [-0.39, 0.29) is 5.78 Å². The molecule has 0 spiro atoms. The Bertz CT molecular complexity index is 438. The van der Waals surface area contributed by atoms with Crippen molar-refractivity contribution in [2.75, 3.05) is 11.9 Å². The SMILES string of the molecule is CC(=O)c1ccc(N(C)C2CCCCC2)cc1Br. The molecule has 0 aromatic heterocycles. The molecule has 0 N–H and O–H groups in total. The lowest BCUT2D eigenvalue weighted by molar-refractivity contribution is 0.101. The van der Waals surface area contributed by atoms with E-state index in [1.165, 1.54) is 37.8 Å². The summed E-state index contributed by atoms with van der Waals surface area (Å²) in [6.07, 6.45) is 6.60. The highest BCUT2D eigenvalue weighted by Gasteiger charge is 2.19. The highest BCUT2D eigenvalue weighted by atomic mass is 79.9. The van der Waals surface area contributed by atoms with Crippen LogP contribution >= 0.6 is 15.9 Å². The van der Waals surface area contributed by atoms with E-state index < -0.39 is 0 Å². The van der Waals surface area contributed by atoms with E-state index in [0.29, 0.717) is 6.04 Å². The van der Waals surface area contributed by atoms with Crippen LogP contribution < -0.4 is 4.90 Å². The van der Waals surface area contributed by atoms with Crippen LogP contribution in [0, 0.1) is 0 Å². The number of benzene rings is 1. The molecule has 0 heterocycles. The largest absolute Gasteiger partial charge is 0.372 e. The molecule has 0 unspecified atom stereocenters. The zero-order valence-electron chi connectivity index (χ0n) is 11.1. The lowest BCUT2D eigenvalue weighted by atomic mass is 9.94. The molecule has 0 aliphatic heterocycles. The summed E-state index contributed by atoms with van der Waals surface area (Å²) in [4.78, 5) is 13.8. The van der Waals surface area contributed by atoms with Gasteiger partial charge in [0.05, 0.1) is 0 Å². The maximum atomic E-state index is 11.4. The highest BCUT2D eigenvalue weighted by Crippen LogP contribution is 2.29.